The molecule has 104 valence electrons. The lowest BCUT2D eigenvalue weighted by Crippen LogP contribution is -2.42. The number of likely N-dealkylation sites (N-methyl/N-ethyl adjacent to an activating group) is 1. The molecule has 1 amide bonds. The van der Waals surface area contributed by atoms with Crippen LogP contribution in [-0.2, 0) is 0 Å². The maximum Gasteiger partial charge on any atom is 0.254 e. The summed E-state index contributed by atoms with van der Waals surface area (Å²) in [6.45, 7) is 4.79. The Bertz CT molecular complexity index is 478. The summed E-state index contributed by atoms with van der Waals surface area (Å²) in [5.41, 5.74) is 6.83. The van der Waals surface area contributed by atoms with Gasteiger partial charge in [-0.2, -0.15) is 0 Å². The molecule has 0 aromatic heterocycles. The van der Waals surface area contributed by atoms with E-state index in [1.807, 2.05) is 4.90 Å². The monoisotopic (exact) mass is 281 g/mol. The van der Waals surface area contributed by atoms with E-state index in [1.165, 1.54) is 0 Å². The Hall–Kier alpha value is -1.26. The highest BCUT2D eigenvalue weighted by molar-refractivity contribution is 6.33. The first-order valence-corrected chi connectivity index (χ1v) is 6.91. The minimum absolute atomic E-state index is 0.0335. The molecule has 0 aliphatic carbocycles. The second kappa shape index (κ2) is 5.80. The Morgan fingerprint density at radius 3 is 2.84 bits per heavy atom. The summed E-state index contributed by atoms with van der Waals surface area (Å²) in [7, 11) is 2.09. The summed E-state index contributed by atoms with van der Waals surface area (Å²) in [6.07, 6.45) is 0.996. The van der Waals surface area contributed by atoms with Crippen LogP contribution in [0.1, 0.15) is 23.7 Å². The number of benzene rings is 1. The van der Waals surface area contributed by atoms with Crippen LogP contribution in [0.15, 0.2) is 18.2 Å². The highest BCUT2D eigenvalue weighted by Gasteiger charge is 2.25. The summed E-state index contributed by atoms with van der Waals surface area (Å²) in [4.78, 5) is 16.7. The number of carbonyl (C=O) groups excluding carboxylic acids is 1. The van der Waals surface area contributed by atoms with Crippen LogP contribution >= 0.6 is 11.6 Å². The number of halogens is 1. The van der Waals surface area contributed by atoms with Gasteiger partial charge in [0.25, 0.3) is 5.91 Å². The molecule has 0 radical (unpaired) electrons. The van der Waals surface area contributed by atoms with Gasteiger partial charge in [-0.25, -0.2) is 0 Å². The molecule has 1 aromatic carbocycles. The normalized spacial score (nSPS) is 21.2. The SMILES string of the molecule is CC1CN(C)CCCN1C(=O)c1ccc(Cl)c(N)c1. The van der Waals surface area contributed by atoms with Crippen LogP contribution in [-0.4, -0.2) is 48.4 Å². The van der Waals surface area contributed by atoms with Crippen molar-refractivity contribution >= 4 is 23.2 Å². The molecule has 0 spiro atoms. The molecule has 1 atom stereocenters. The first-order chi connectivity index (χ1) is 8.99. The van der Waals surface area contributed by atoms with Crippen LogP contribution in [0.3, 0.4) is 0 Å². The van der Waals surface area contributed by atoms with Gasteiger partial charge in [0.2, 0.25) is 0 Å². The molecule has 5 heteroatoms. The number of nitrogen functional groups attached to an aromatic ring is 1. The minimum Gasteiger partial charge on any atom is -0.398 e. The molecule has 2 rings (SSSR count). The Morgan fingerprint density at radius 2 is 2.16 bits per heavy atom. The second-order valence-corrected chi connectivity index (χ2v) is 5.61. The molecule has 1 saturated heterocycles. The van der Waals surface area contributed by atoms with E-state index in [0.29, 0.717) is 16.3 Å². The van der Waals surface area contributed by atoms with Gasteiger partial charge in [0.05, 0.1) is 10.7 Å². The van der Waals surface area contributed by atoms with Crippen LogP contribution in [0.25, 0.3) is 0 Å². The molecule has 19 heavy (non-hydrogen) atoms. The number of nitrogens with zero attached hydrogens (tertiary/aromatic N) is 2. The molecule has 1 aliphatic heterocycles. The number of nitrogens with two attached hydrogens (primary N) is 1. The third-order valence-corrected chi connectivity index (χ3v) is 3.89. The van der Waals surface area contributed by atoms with E-state index >= 15 is 0 Å². The quantitative estimate of drug-likeness (QED) is 0.802. The zero-order chi connectivity index (χ0) is 14.0. The maximum absolute atomic E-state index is 12.5. The van der Waals surface area contributed by atoms with Crippen molar-refractivity contribution in [1.29, 1.82) is 0 Å². The first kappa shape index (κ1) is 14.2. The van der Waals surface area contributed by atoms with E-state index in [0.717, 1.165) is 26.1 Å². The Balaban J connectivity index is 2.20. The van der Waals surface area contributed by atoms with Gasteiger partial charge in [-0.3, -0.25) is 4.79 Å². The van der Waals surface area contributed by atoms with E-state index in [-0.39, 0.29) is 11.9 Å². The van der Waals surface area contributed by atoms with Crippen molar-refractivity contribution in [3.8, 4) is 0 Å². The van der Waals surface area contributed by atoms with Crippen molar-refractivity contribution in [1.82, 2.24) is 9.80 Å². The molecule has 4 nitrogen and oxygen atoms in total. The second-order valence-electron chi connectivity index (χ2n) is 5.20. The van der Waals surface area contributed by atoms with E-state index in [9.17, 15) is 4.79 Å². The Morgan fingerprint density at radius 1 is 1.42 bits per heavy atom. The average molecular weight is 282 g/mol. The third kappa shape index (κ3) is 3.19. The van der Waals surface area contributed by atoms with Crippen LogP contribution in [0.4, 0.5) is 5.69 Å². The van der Waals surface area contributed by atoms with Gasteiger partial charge in [-0.15, -0.1) is 0 Å². The van der Waals surface area contributed by atoms with Gasteiger partial charge in [0, 0.05) is 24.7 Å². The summed E-state index contributed by atoms with van der Waals surface area (Å²) < 4.78 is 0. The van der Waals surface area contributed by atoms with Crippen molar-refractivity contribution < 1.29 is 4.79 Å². The van der Waals surface area contributed by atoms with E-state index in [2.05, 4.69) is 18.9 Å². The Kier molecular flexibility index (Phi) is 4.32. The molecule has 1 fully saturated rings. The molecular formula is C14H20ClN3O. The number of hydrogen-bond acceptors (Lipinski definition) is 3. The lowest BCUT2D eigenvalue weighted by molar-refractivity contribution is 0.0696. The topological polar surface area (TPSA) is 49.6 Å². The van der Waals surface area contributed by atoms with Gasteiger partial charge in [0.15, 0.2) is 0 Å². The average Bonchev–Trinajstić information content (AvgIpc) is 2.52. The zero-order valence-electron chi connectivity index (χ0n) is 11.4. The molecule has 2 N–H and O–H groups in total. The fourth-order valence-corrected chi connectivity index (χ4v) is 2.63. The predicted octanol–water partition coefficient (Wildman–Crippen LogP) is 2.09. The van der Waals surface area contributed by atoms with Gasteiger partial charge >= 0.3 is 0 Å². The number of carbonyl (C=O) groups is 1. The number of anilines is 1. The van der Waals surface area contributed by atoms with E-state index < -0.39 is 0 Å². The van der Waals surface area contributed by atoms with Crippen LogP contribution in [0, 0.1) is 0 Å². The summed E-state index contributed by atoms with van der Waals surface area (Å²) in [5.74, 6) is 0.0335. The first-order valence-electron chi connectivity index (χ1n) is 6.53. The van der Waals surface area contributed by atoms with E-state index in [1.54, 1.807) is 18.2 Å². The minimum atomic E-state index is 0.0335. The van der Waals surface area contributed by atoms with Gasteiger partial charge in [-0.05, 0) is 45.1 Å². The van der Waals surface area contributed by atoms with Crippen molar-refractivity contribution in [2.24, 2.45) is 0 Å². The molecule has 0 bridgehead atoms. The van der Waals surface area contributed by atoms with Crippen molar-refractivity contribution in [3.05, 3.63) is 28.8 Å². The number of rotatable bonds is 1. The fourth-order valence-electron chi connectivity index (χ4n) is 2.52. The fraction of sp³-hybridized carbons (Fsp3) is 0.500. The standard InChI is InChI=1S/C14H20ClN3O/c1-10-9-17(2)6-3-7-18(10)14(19)11-4-5-12(15)13(16)8-11/h4-5,8,10H,3,6-7,9,16H2,1-2H3. The summed E-state index contributed by atoms with van der Waals surface area (Å²) in [5, 5.41) is 0.486. The van der Waals surface area contributed by atoms with Gasteiger partial charge in [-0.1, -0.05) is 11.6 Å². The van der Waals surface area contributed by atoms with E-state index in [4.69, 9.17) is 17.3 Å². The molecule has 0 saturated carbocycles. The highest BCUT2D eigenvalue weighted by atomic mass is 35.5. The number of hydrogen-bond donors (Lipinski definition) is 1. The molecule has 1 unspecified atom stereocenters. The third-order valence-electron chi connectivity index (χ3n) is 3.55. The summed E-state index contributed by atoms with van der Waals surface area (Å²) in [6, 6.07) is 5.28. The summed E-state index contributed by atoms with van der Waals surface area (Å²) >= 11 is 5.89. The molecular weight excluding hydrogens is 262 g/mol. The Labute approximate surface area is 119 Å². The lowest BCUT2D eigenvalue weighted by Gasteiger charge is -2.28. The van der Waals surface area contributed by atoms with Crippen LogP contribution in [0.5, 0.6) is 0 Å². The van der Waals surface area contributed by atoms with Gasteiger partial charge < -0.3 is 15.5 Å². The van der Waals surface area contributed by atoms with Crippen LogP contribution in [0.2, 0.25) is 5.02 Å². The molecule has 1 aromatic rings. The molecule has 1 aliphatic rings. The highest BCUT2D eigenvalue weighted by Crippen LogP contribution is 2.21. The largest absolute Gasteiger partial charge is 0.398 e. The lowest BCUT2D eigenvalue weighted by atomic mass is 10.1. The predicted molar refractivity (Wildman–Crippen MR) is 78.5 cm³/mol. The smallest absolute Gasteiger partial charge is 0.254 e. The van der Waals surface area contributed by atoms with Gasteiger partial charge in [0.1, 0.15) is 0 Å². The number of amides is 1. The zero-order valence-corrected chi connectivity index (χ0v) is 12.2. The molecule has 1 heterocycles. The maximum atomic E-state index is 12.5. The van der Waals surface area contributed by atoms with Crippen molar-refractivity contribution in [2.75, 3.05) is 32.4 Å². The van der Waals surface area contributed by atoms with Crippen LogP contribution < -0.4 is 5.73 Å². The van der Waals surface area contributed by atoms with Crippen molar-refractivity contribution in [2.45, 2.75) is 19.4 Å². The van der Waals surface area contributed by atoms with Crippen molar-refractivity contribution in [3.63, 3.8) is 0 Å².